The van der Waals surface area contributed by atoms with E-state index in [1.165, 1.54) is 11.1 Å². The predicted octanol–water partition coefficient (Wildman–Crippen LogP) is 2.70. The van der Waals surface area contributed by atoms with Crippen molar-refractivity contribution in [3.05, 3.63) is 23.3 Å². The number of hydrogen-bond donors (Lipinski definition) is 0. The molecule has 1 aromatic carbocycles. The first kappa shape index (κ1) is 8.88. The molecule has 1 aliphatic rings. The van der Waals surface area contributed by atoms with Gasteiger partial charge in [-0.2, -0.15) is 0 Å². The van der Waals surface area contributed by atoms with Crippen molar-refractivity contribution < 1.29 is 9.47 Å². The molecule has 1 aromatic rings. The van der Waals surface area contributed by atoms with Gasteiger partial charge in [0.1, 0.15) is 0 Å². The van der Waals surface area contributed by atoms with Gasteiger partial charge in [0.2, 0.25) is 0 Å². The van der Waals surface area contributed by atoms with Gasteiger partial charge in [-0.3, -0.25) is 0 Å². The van der Waals surface area contributed by atoms with Gasteiger partial charge in [0.15, 0.2) is 11.5 Å². The Bertz CT molecular complexity index is 336. The summed E-state index contributed by atoms with van der Waals surface area (Å²) in [5, 5.41) is 0. The van der Waals surface area contributed by atoms with E-state index < -0.39 is 0 Å². The summed E-state index contributed by atoms with van der Waals surface area (Å²) >= 11 is 3.58. The Labute approximate surface area is 86.0 Å². The monoisotopic (exact) mass is 242 g/mol. The third-order valence-corrected chi connectivity index (χ3v) is 3.17. The summed E-state index contributed by atoms with van der Waals surface area (Å²) < 4.78 is 10.5. The summed E-state index contributed by atoms with van der Waals surface area (Å²) in [6, 6.07) is 4.05. The number of hydrogen-bond acceptors (Lipinski definition) is 2. The molecule has 0 aromatic heterocycles. The number of alkyl halides is 1. The fourth-order valence-corrected chi connectivity index (χ4v) is 2.53. The van der Waals surface area contributed by atoms with E-state index in [4.69, 9.17) is 9.47 Å². The van der Waals surface area contributed by atoms with Crippen LogP contribution in [0.1, 0.15) is 16.0 Å². The van der Waals surface area contributed by atoms with E-state index in [-0.39, 0.29) is 0 Å². The molecule has 0 radical (unpaired) electrons. The van der Waals surface area contributed by atoms with Crippen molar-refractivity contribution in [1.29, 1.82) is 0 Å². The van der Waals surface area contributed by atoms with Crippen LogP contribution in [-0.2, 0) is 6.42 Å². The molecule has 3 heteroatoms. The van der Waals surface area contributed by atoms with E-state index >= 15 is 0 Å². The van der Waals surface area contributed by atoms with Gasteiger partial charge >= 0.3 is 0 Å². The van der Waals surface area contributed by atoms with Crippen molar-refractivity contribution in [3.8, 4) is 11.5 Å². The summed E-state index contributed by atoms with van der Waals surface area (Å²) in [4.78, 5) is 0.424. The van der Waals surface area contributed by atoms with Gasteiger partial charge in [0, 0.05) is 10.4 Å². The lowest BCUT2D eigenvalue weighted by atomic mass is 9.87. The molecule has 0 saturated carbocycles. The van der Waals surface area contributed by atoms with Crippen molar-refractivity contribution >= 4 is 15.9 Å². The molecule has 0 spiro atoms. The normalized spacial score (nSPS) is 18.8. The van der Waals surface area contributed by atoms with Gasteiger partial charge in [-0.1, -0.05) is 22.0 Å². The van der Waals surface area contributed by atoms with Crippen LogP contribution in [0.2, 0.25) is 0 Å². The number of rotatable bonds is 2. The molecule has 0 fully saturated rings. The zero-order chi connectivity index (χ0) is 9.42. The molecule has 0 bridgehead atoms. The second-order valence-electron chi connectivity index (χ2n) is 3.05. The minimum absolute atomic E-state index is 0.424. The van der Waals surface area contributed by atoms with Crippen molar-refractivity contribution in [3.63, 3.8) is 0 Å². The van der Waals surface area contributed by atoms with Crippen LogP contribution in [0.15, 0.2) is 12.1 Å². The molecule has 0 saturated heterocycles. The lowest BCUT2D eigenvalue weighted by Crippen LogP contribution is -2.13. The van der Waals surface area contributed by atoms with E-state index in [0.29, 0.717) is 4.83 Å². The molecule has 0 N–H and O–H groups in total. The Kier molecular flexibility index (Phi) is 2.20. The molecule has 0 amide bonds. The summed E-state index contributed by atoms with van der Waals surface area (Å²) in [6.45, 7) is 0. The van der Waals surface area contributed by atoms with E-state index in [1.54, 1.807) is 14.2 Å². The molecular weight excluding hydrogens is 232 g/mol. The smallest absolute Gasteiger partial charge is 0.165 e. The minimum Gasteiger partial charge on any atom is -0.493 e. The Morgan fingerprint density at radius 2 is 2.08 bits per heavy atom. The van der Waals surface area contributed by atoms with Gasteiger partial charge in [-0.05, 0) is 18.1 Å². The number of benzene rings is 1. The average Bonchev–Trinajstić information content (AvgIpc) is 2.15. The molecule has 0 aliphatic heterocycles. The maximum Gasteiger partial charge on any atom is 0.165 e. The first-order chi connectivity index (χ1) is 6.27. The molecular formula is C10H11BrO2. The standard InChI is InChI=1S/C10H11BrO2/c1-12-8-4-3-6-5-7(11)9(6)10(8)13-2/h3-4,7H,5H2,1-2H3. The fraction of sp³-hybridized carbons (Fsp3) is 0.400. The predicted molar refractivity (Wildman–Crippen MR) is 54.9 cm³/mol. The van der Waals surface area contributed by atoms with Crippen molar-refractivity contribution in [2.45, 2.75) is 11.2 Å². The van der Waals surface area contributed by atoms with Gasteiger partial charge < -0.3 is 9.47 Å². The first-order valence-electron chi connectivity index (χ1n) is 4.15. The van der Waals surface area contributed by atoms with Crippen LogP contribution in [0.4, 0.5) is 0 Å². The Hall–Kier alpha value is -0.700. The molecule has 1 unspecified atom stereocenters. The lowest BCUT2D eigenvalue weighted by molar-refractivity contribution is 0.348. The molecule has 2 nitrogen and oxygen atoms in total. The third-order valence-electron chi connectivity index (χ3n) is 2.39. The minimum atomic E-state index is 0.424. The highest BCUT2D eigenvalue weighted by Gasteiger charge is 2.29. The maximum atomic E-state index is 5.31. The highest BCUT2D eigenvalue weighted by Crippen LogP contribution is 2.48. The topological polar surface area (TPSA) is 18.5 Å². The molecule has 1 atom stereocenters. The van der Waals surface area contributed by atoms with Gasteiger partial charge in [0.05, 0.1) is 14.2 Å². The molecule has 0 heterocycles. The zero-order valence-corrected chi connectivity index (χ0v) is 9.22. The number of fused-ring (bicyclic) bond motifs is 1. The second kappa shape index (κ2) is 3.22. The van der Waals surface area contributed by atoms with Crippen LogP contribution in [-0.4, -0.2) is 14.2 Å². The van der Waals surface area contributed by atoms with Gasteiger partial charge in [0.25, 0.3) is 0 Å². The largest absolute Gasteiger partial charge is 0.493 e. The average molecular weight is 243 g/mol. The number of ether oxygens (including phenoxy) is 2. The highest BCUT2D eigenvalue weighted by molar-refractivity contribution is 9.09. The Morgan fingerprint density at radius 1 is 1.31 bits per heavy atom. The fourth-order valence-electron chi connectivity index (χ4n) is 1.68. The third kappa shape index (κ3) is 1.22. The second-order valence-corrected chi connectivity index (χ2v) is 4.15. The Balaban J connectivity index is 2.53. The van der Waals surface area contributed by atoms with Crippen LogP contribution in [0.5, 0.6) is 11.5 Å². The summed E-state index contributed by atoms with van der Waals surface area (Å²) in [6.07, 6.45) is 1.08. The number of halogens is 1. The number of methoxy groups -OCH3 is 2. The molecule has 2 rings (SSSR count). The molecule has 70 valence electrons. The maximum absolute atomic E-state index is 5.31. The van der Waals surface area contributed by atoms with Gasteiger partial charge in [-0.25, -0.2) is 0 Å². The van der Waals surface area contributed by atoms with Crippen LogP contribution in [0.3, 0.4) is 0 Å². The van der Waals surface area contributed by atoms with Crippen LogP contribution in [0.25, 0.3) is 0 Å². The van der Waals surface area contributed by atoms with Gasteiger partial charge in [-0.15, -0.1) is 0 Å². The Morgan fingerprint density at radius 3 is 2.62 bits per heavy atom. The van der Waals surface area contributed by atoms with Crippen LogP contribution in [0, 0.1) is 0 Å². The summed E-state index contributed by atoms with van der Waals surface area (Å²) in [5.74, 6) is 1.68. The molecule has 1 aliphatic carbocycles. The quantitative estimate of drug-likeness (QED) is 0.743. The van der Waals surface area contributed by atoms with Crippen LogP contribution < -0.4 is 9.47 Å². The summed E-state index contributed by atoms with van der Waals surface area (Å²) in [7, 11) is 3.34. The van der Waals surface area contributed by atoms with E-state index in [9.17, 15) is 0 Å². The summed E-state index contributed by atoms with van der Waals surface area (Å²) in [5.41, 5.74) is 2.58. The zero-order valence-electron chi connectivity index (χ0n) is 7.63. The van der Waals surface area contributed by atoms with Crippen molar-refractivity contribution in [1.82, 2.24) is 0 Å². The van der Waals surface area contributed by atoms with Crippen LogP contribution >= 0.6 is 15.9 Å². The lowest BCUT2D eigenvalue weighted by Gasteiger charge is -2.28. The van der Waals surface area contributed by atoms with E-state index in [2.05, 4.69) is 22.0 Å². The van der Waals surface area contributed by atoms with Crippen molar-refractivity contribution in [2.75, 3.05) is 14.2 Å². The molecule has 13 heavy (non-hydrogen) atoms. The van der Waals surface area contributed by atoms with Crippen molar-refractivity contribution in [2.24, 2.45) is 0 Å². The first-order valence-corrected chi connectivity index (χ1v) is 5.07. The highest BCUT2D eigenvalue weighted by atomic mass is 79.9. The van der Waals surface area contributed by atoms with E-state index in [0.717, 1.165) is 17.9 Å². The SMILES string of the molecule is COc1ccc2c(c1OC)C(Br)C2. The van der Waals surface area contributed by atoms with E-state index in [1.807, 2.05) is 6.07 Å².